The number of aromatic hydroxyl groups is 1. The van der Waals surface area contributed by atoms with E-state index in [0.717, 1.165) is 18.7 Å². The number of hydrogen-bond donors (Lipinski definition) is 2. The van der Waals surface area contributed by atoms with Crippen LogP contribution in [0.4, 0.5) is 0 Å². The number of carbonyl (C=O) groups excluding carboxylic acids is 2. The summed E-state index contributed by atoms with van der Waals surface area (Å²) in [7, 11) is 0. The van der Waals surface area contributed by atoms with Crippen molar-refractivity contribution in [1.29, 1.82) is 0 Å². The van der Waals surface area contributed by atoms with Crippen LogP contribution in [0.15, 0.2) is 54.1 Å². The first-order valence-electron chi connectivity index (χ1n) is 10.4. The lowest BCUT2D eigenvalue weighted by atomic mass is 9.95. The van der Waals surface area contributed by atoms with Crippen LogP contribution in [0.1, 0.15) is 22.7 Å². The van der Waals surface area contributed by atoms with E-state index in [2.05, 4.69) is 4.90 Å². The maximum atomic E-state index is 13.0. The first-order valence-corrected chi connectivity index (χ1v) is 10.4. The first kappa shape index (κ1) is 21.1. The highest BCUT2D eigenvalue weighted by atomic mass is 16.5. The summed E-state index contributed by atoms with van der Waals surface area (Å²) in [4.78, 5) is 29.7. The summed E-state index contributed by atoms with van der Waals surface area (Å²) < 4.78 is 5.38. The van der Waals surface area contributed by atoms with E-state index < -0.39 is 17.7 Å². The van der Waals surface area contributed by atoms with E-state index in [9.17, 15) is 19.8 Å². The number of Topliss-reactive ketones (excluding diaryl/α,β-unsaturated/α-hetero) is 1. The van der Waals surface area contributed by atoms with Crippen LogP contribution in [0.25, 0.3) is 5.76 Å². The second kappa shape index (κ2) is 8.91. The Morgan fingerprint density at radius 2 is 1.65 bits per heavy atom. The molecule has 2 aromatic carbocycles. The van der Waals surface area contributed by atoms with Gasteiger partial charge in [0.2, 0.25) is 0 Å². The smallest absolute Gasteiger partial charge is 0.295 e. The van der Waals surface area contributed by atoms with E-state index in [0.29, 0.717) is 37.4 Å². The number of benzene rings is 2. The van der Waals surface area contributed by atoms with Gasteiger partial charge >= 0.3 is 0 Å². The van der Waals surface area contributed by atoms with Gasteiger partial charge in [-0.2, -0.15) is 0 Å². The molecule has 2 heterocycles. The van der Waals surface area contributed by atoms with Crippen LogP contribution in [0, 0.1) is 6.92 Å². The van der Waals surface area contributed by atoms with Crippen molar-refractivity contribution in [2.45, 2.75) is 13.0 Å². The normalized spacial score (nSPS) is 21.6. The quantitative estimate of drug-likeness (QED) is 0.437. The van der Waals surface area contributed by atoms with Gasteiger partial charge in [-0.05, 0) is 24.6 Å². The number of hydrogen-bond acceptors (Lipinski definition) is 6. The van der Waals surface area contributed by atoms with Crippen molar-refractivity contribution >= 4 is 17.4 Å². The summed E-state index contributed by atoms with van der Waals surface area (Å²) in [5.41, 5.74) is 2.24. The molecule has 1 atom stereocenters. The predicted octanol–water partition coefficient (Wildman–Crippen LogP) is 2.45. The molecule has 2 aliphatic rings. The molecule has 0 bridgehead atoms. The predicted molar refractivity (Wildman–Crippen MR) is 116 cm³/mol. The summed E-state index contributed by atoms with van der Waals surface area (Å²) in [5.74, 6) is -1.42. The number of carbonyl (C=O) groups is 2. The molecule has 0 aliphatic carbocycles. The van der Waals surface area contributed by atoms with Crippen LogP contribution in [0.3, 0.4) is 0 Å². The van der Waals surface area contributed by atoms with Crippen molar-refractivity contribution in [3.8, 4) is 5.75 Å². The van der Waals surface area contributed by atoms with E-state index in [1.165, 1.54) is 17.0 Å². The molecule has 4 rings (SSSR count). The molecule has 1 unspecified atom stereocenters. The minimum absolute atomic E-state index is 0.0709. The fourth-order valence-corrected chi connectivity index (χ4v) is 4.05. The van der Waals surface area contributed by atoms with Gasteiger partial charge in [0.25, 0.3) is 11.7 Å². The Morgan fingerprint density at radius 1 is 1.00 bits per heavy atom. The summed E-state index contributed by atoms with van der Waals surface area (Å²) in [5, 5.41) is 20.7. The summed E-state index contributed by atoms with van der Waals surface area (Å²) in [6.45, 7) is 5.73. The SMILES string of the molecule is Cc1ccc(/C(O)=C2/C(=O)C(=O)N(CCN3CCOCC3)C2c2ccc(O)cc2)cc1. The summed E-state index contributed by atoms with van der Waals surface area (Å²) >= 11 is 0. The number of morpholine rings is 1. The van der Waals surface area contributed by atoms with Crippen molar-refractivity contribution in [3.05, 3.63) is 70.8 Å². The Labute approximate surface area is 181 Å². The molecule has 2 saturated heterocycles. The van der Waals surface area contributed by atoms with E-state index in [4.69, 9.17) is 4.74 Å². The van der Waals surface area contributed by atoms with Crippen LogP contribution in [0.5, 0.6) is 5.75 Å². The number of nitrogens with zero attached hydrogens (tertiary/aromatic N) is 2. The Hall–Kier alpha value is -3.16. The van der Waals surface area contributed by atoms with Crippen molar-refractivity contribution in [3.63, 3.8) is 0 Å². The zero-order valence-electron chi connectivity index (χ0n) is 17.5. The molecular formula is C24H26N2O5. The second-order valence-electron chi connectivity index (χ2n) is 7.90. The highest BCUT2D eigenvalue weighted by Crippen LogP contribution is 2.39. The van der Waals surface area contributed by atoms with Crippen molar-refractivity contribution in [1.82, 2.24) is 9.80 Å². The molecule has 162 valence electrons. The molecule has 0 aromatic heterocycles. The third kappa shape index (κ3) is 4.33. The van der Waals surface area contributed by atoms with E-state index in [-0.39, 0.29) is 17.1 Å². The monoisotopic (exact) mass is 422 g/mol. The van der Waals surface area contributed by atoms with Crippen LogP contribution < -0.4 is 0 Å². The molecule has 2 aliphatic heterocycles. The molecular weight excluding hydrogens is 396 g/mol. The number of likely N-dealkylation sites (tertiary alicyclic amines) is 1. The fourth-order valence-electron chi connectivity index (χ4n) is 4.05. The average Bonchev–Trinajstić information content (AvgIpc) is 3.04. The van der Waals surface area contributed by atoms with Crippen LogP contribution >= 0.6 is 0 Å². The molecule has 0 radical (unpaired) electrons. The van der Waals surface area contributed by atoms with Crippen molar-refractivity contribution < 1.29 is 24.5 Å². The standard InChI is InChI=1S/C24H26N2O5/c1-16-2-4-18(5-3-16)22(28)20-21(17-6-8-19(27)9-7-17)26(24(30)23(20)29)11-10-25-12-14-31-15-13-25/h2-9,21,27-28H,10-15H2,1H3/b22-20-. The number of ketones is 1. The fraction of sp³-hybridized carbons (Fsp3) is 0.333. The van der Waals surface area contributed by atoms with E-state index >= 15 is 0 Å². The van der Waals surface area contributed by atoms with Gasteiger partial charge in [0.15, 0.2) is 0 Å². The highest BCUT2D eigenvalue weighted by Gasteiger charge is 2.46. The molecule has 1 amide bonds. The highest BCUT2D eigenvalue weighted by molar-refractivity contribution is 6.46. The molecule has 2 fully saturated rings. The maximum Gasteiger partial charge on any atom is 0.295 e. The Kier molecular flexibility index (Phi) is 6.06. The molecule has 2 N–H and O–H groups in total. The third-order valence-corrected chi connectivity index (χ3v) is 5.83. The third-order valence-electron chi connectivity index (χ3n) is 5.83. The van der Waals surface area contributed by atoms with Gasteiger partial charge in [0.1, 0.15) is 11.5 Å². The molecule has 0 spiro atoms. The minimum Gasteiger partial charge on any atom is -0.508 e. The van der Waals surface area contributed by atoms with Gasteiger partial charge in [-0.25, -0.2) is 0 Å². The number of amides is 1. The summed E-state index contributed by atoms with van der Waals surface area (Å²) in [6.07, 6.45) is 0. The van der Waals surface area contributed by atoms with Gasteiger partial charge in [0.05, 0.1) is 24.8 Å². The molecule has 0 saturated carbocycles. The lowest BCUT2D eigenvalue weighted by Crippen LogP contribution is -2.42. The number of phenolic OH excluding ortho intramolecular Hbond substituents is 1. The number of rotatable bonds is 5. The largest absolute Gasteiger partial charge is 0.508 e. The van der Waals surface area contributed by atoms with Gasteiger partial charge in [0, 0.05) is 31.7 Å². The molecule has 7 nitrogen and oxygen atoms in total. The minimum atomic E-state index is -0.719. The Balaban J connectivity index is 1.72. The van der Waals surface area contributed by atoms with Crippen molar-refractivity contribution in [2.75, 3.05) is 39.4 Å². The Bertz CT molecular complexity index is 992. The lowest BCUT2D eigenvalue weighted by molar-refractivity contribution is -0.140. The lowest BCUT2D eigenvalue weighted by Gasteiger charge is -2.31. The number of aliphatic hydroxyl groups excluding tert-OH is 1. The van der Waals surface area contributed by atoms with Crippen LogP contribution in [-0.2, 0) is 14.3 Å². The summed E-state index contributed by atoms with van der Waals surface area (Å²) in [6, 6.07) is 12.8. The number of aliphatic hydroxyl groups is 1. The van der Waals surface area contributed by atoms with Gasteiger partial charge in [-0.15, -0.1) is 0 Å². The molecule has 2 aromatic rings. The van der Waals surface area contributed by atoms with Gasteiger partial charge in [-0.1, -0.05) is 42.0 Å². The van der Waals surface area contributed by atoms with Gasteiger partial charge < -0.3 is 19.8 Å². The molecule has 31 heavy (non-hydrogen) atoms. The molecule has 7 heteroatoms. The number of aryl methyl sites for hydroxylation is 1. The first-order chi connectivity index (χ1) is 15.0. The number of ether oxygens (including phenoxy) is 1. The van der Waals surface area contributed by atoms with Crippen LogP contribution in [0.2, 0.25) is 0 Å². The zero-order valence-corrected chi connectivity index (χ0v) is 17.5. The number of phenols is 1. The Morgan fingerprint density at radius 3 is 2.29 bits per heavy atom. The zero-order chi connectivity index (χ0) is 22.0. The van der Waals surface area contributed by atoms with Gasteiger partial charge in [-0.3, -0.25) is 14.5 Å². The average molecular weight is 422 g/mol. The van der Waals surface area contributed by atoms with Crippen molar-refractivity contribution in [2.24, 2.45) is 0 Å². The van der Waals surface area contributed by atoms with E-state index in [1.54, 1.807) is 24.3 Å². The second-order valence-corrected chi connectivity index (χ2v) is 7.90. The van der Waals surface area contributed by atoms with Crippen LogP contribution in [-0.4, -0.2) is 71.1 Å². The van der Waals surface area contributed by atoms with E-state index in [1.807, 2.05) is 19.1 Å². The maximum absolute atomic E-state index is 13.0. The topological polar surface area (TPSA) is 90.3 Å².